The smallest absolute Gasteiger partial charge is 0.240 e. The average Bonchev–Trinajstić information content (AvgIpc) is 2.70. The Labute approximate surface area is 78.2 Å². The molecule has 0 heterocycles. The van der Waals surface area contributed by atoms with Gasteiger partial charge >= 0.3 is 0 Å². The summed E-state index contributed by atoms with van der Waals surface area (Å²) in [4.78, 5) is 11.1. The van der Waals surface area contributed by atoms with Crippen LogP contribution in [-0.4, -0.2) is 31.7 Å². The van der Waals surface area contributed by atoms with E-state index in [-0.39, 0.29) is 18.3 Å². The molecule has 5 heteroatoms. The van der Waals surface area contributed by atoms with Crippen LogP contribution in [0.1, 0.15) is 12.8 Å². The molecule has 0 aliphatic heterocycles. The van der Waals surface area contributed by atoms with Gasteiger partial charge in [-0.1, -0.05) is 0 Å². The second-order valence-corrected chi connectivity index (χ2v) is 2.90. The summed E-state index contributed by atoms with van der Waals surface area (Å²) in [5, 5.41) is 2.70. The molecule has 0 bridgehead atoms. The van der Waals surface area contributed by atoms with Crippen molar-refractivity contribution >= 4 is 18.3 Å². The van der Waals surface area contributed by atoms with Crippen LogP contribution >= 0.6 is 12.4 Å². The maximum Gasteiger partial charge on any atom is 0.240 e. The summed E-state index contributed by atoms with van der Waals surface area (Å²) in [5.74, 6) is -0.0467. The van der Waals surface area contributed by atoms with Crippen LogP contribution in [0.2, 0.25) is 0 Å². The molecule has 1 aliphatic carbocycles. The molecular formula is C7H15ClN2O2. The summed E-state index contributed by atoms with van der Waals surface area (Å²) in [6, 6.07) is 0. The van der Waals surface area contributed by atoms with E-state index >= 15 is 0 Å². The summed E-state index contributed by atoms with van der Waals surface area (Å²) in [6.07, 6.45) is 1.62. The fraction of sp³-hybridized carbons (Fsp3) is 0.857. The summed E-state index contributed by atoms with van der Waals surface area (Å²) in [6.45, 7) is 1.09. The Bertz CT molecular complexity index is 159. The molecule has 4 nitrogen and oxygen atoms in total. The van der Waals surface area contributed by atoms with Gasteiger partial charge in [0.2, 0.25) is 5.91 Å². The number of halogens is 1. The molecule has 72 valence electrons. The molecule has 0 aromatic rings. The maximum absolute atomic E-state index is 11.1. The zero-order valence-corrected chi connectivity index (χ0v) is 7.95. The van der Waals surface area contributed by atoms with Crippen LogP contribution in [0.15, 0.2) is 0 Å². The summed E-state index contributed by atoms with van der Waals surface area (Å²) >= 11 is 0. The van der Waals surface area contributed by atoms with Crippen molar-refractivity contribution in [2.24, 2.45) is 5.73 Å². The van der Waals surface area contributed by atoms with Crippen molar-refractivity contribution in [3.8, 4) is 0 Å². The number of carbonyl (C=O) groups is 1. The molecular weight excluding hydrogens is 180 g/mol. The zero-order chi connectivity index (χ0) is 8.32. The zero-order valence-electron chi connectivity index (χ0n) is 7.13. The van der Waals surface area contributed by atoms with Crippen molar-refractivity contribution in [2.45, 2.75) is 18.4 Å². The van der Waals surface area contributed by atoms with Gasteiger partial charge in [-0.25, -0.2) is 0 Å². The molecule has 0 radical (unpaired) electrons. The minimum absolute atomic E-state index is 0. The number of hydrogen-bond donors (Lipinski definition) is 2. The first-order valence-corrected chi connectivity index (χ1v) is 3.75. The lowest BCUT2D eigenvalue weighted by Crippen LogP contribution is -2.43. The van der Waals surface area contributed by atoms with Crippen LogP contribution in [0, 0.1) is 0 Å². The van der Waals surface area contributed by atoms with Crippen LogP contribution in [0.4, 0.5) is 0 Å². The molecule has 3 N–H and O–H groups in total. The third-order valence-corrected chi connectivity index (χ3v) is 1.83. The summed E-state index contributed by atoms with van der Waals surface area (Å²) < 4.78 is 4.77. The maximum atomic E-state index is 11.1. The number of methoxy groups -OCH3 is 1. The van der Waals surface area contributed by atoms with Crippen LogP contribution < -0.4 is 11.1 Å². The average molecular weight is 195 g/mol. The topological polar surface area (TPSA) is 64.3 Å². The second kappa shape index (κ2) is 4.64. The highest BCUT2D eigenvalue weighted by molar-refractivity contribution is 5.88. The van der Waals surface area contributed by atoms with Crippen LogP contribution in [0.5, 0.6) is 0 Å². The van der Waals surface area contributed by atoms with Gasteiger partial charge in [-0.2, -0.15) is 0 Å². The second-order valence-electron chi connectivity index (χ2n) is 2.90. The van der Waals surface area contributed by atoms with Gasteiger partial charge < -0.3 is 15.8 Å². The number of carbonyl (C=O) groups excluding carboxylic acids is 1. The van der Waals surface area contributed by atoms with E-state index in [1.807, 2.05) is 0 Å². The Balaban J connectivity index is 0.00000121. The van der Waals surface area contributed by atoms with Crippen molar-refractivity contribution in [3.63, 3.8) is 0 Å². The standard InChI is InChI=1S/C7H14N2O2.ClH/c1-11-5-4-9-6(10)7(8)2-3-7;/h2-5,8H2,1H3,(H,9,10);1H. The first-order valence-electron chi connectivity index (χ1n) is 3.75. The number of hydrogen-bond acceptors (Lipinski definition) is 3. The Kier molecular flexibility index (Phi) is 4.52. The molecule has 1 saturated carbocycles. The first-order chi connectivity index (χ1) is 5.19. The Hall–Kier alpha value is -0.320. The van der Waals surface area contributed by atoms with Gasteiger partial charge in [-0.15, -0.1) is 12.4 Å². The number of nitrogens with two attached hydrogens (primary N) is 1. The SMILES string of the molecule is COCCNC(=O)C1(N)CC1.Cl. The third kappa shape index (κ3) is 2.97. The number of rotatable bonds is 4. The van der Waals surface area contributed by atoms with Crippen LogP contribution in [0.3, 0.4) is 0 Å². The van der Waals surface area contributed by atoms with Crippen molar-refractivity contribution in [2.75, 3.05) is 20.3 Å². The van der Waals surface area contributed by atoms with Crippen molar-refractivity contribution < 1.29 is 9.53 Å². The van der Waals surface area contributed by atoms with Gasteiger partial charge in [0.25, 0.3) is 0 Å². The number of amides is 1. The highest BCUT2D eigenvalue weighted by Gasteiger charge is 2.45. The van der Waals surface area contributed by atoms with Gasteiger partial charge in [0, 0.05) is 13.7 Å². The summed E-state index contributed by atoms with van der Waals surface area (Å²) in [5.41, 5.74) is 5.07. The van der Waals surface area contributed by atoms with Crippen LogP contribution in [-0.2, 0) is 9.53 Å². The monoisotopic (exact) mass is 194 g/mol. The molecule has 0 unspecified atom stereocenters. The normalized spacial score (nSPS) is 17.8. The van der Waals surface area contributed by atoms with Crippen LogP contribution in [0.25, 0.3) is 0 Å². The highest BCUT2D eigenvalue weighted by Crippen LogP contribution is 2.31. The van der Waals surface area contributed by atoms with E-state index in [1.165, 1.54) is 0 Å². The van der Waals surface area contributed by atoms with E-state index in [4.69, 9.17) is 10.5 Å². The molecule has 0 spiro atoms. The van der Waals surface area contributed by atoms with Crippen molar-refractivity contribution in [3.05, 3.63) is 0 Å². The van der Waals surface area contributed by atoms with Gasteiger partial charge in [0.05, 0.1) is 12.1 Å². The molecule has 1 rings (SSSR count). The minimum Gasteiger partial charge on any atom is -0.383 e. The first kappa shape index (κ1) is 11.7. The predicted molar refractivity (Wildman–Crippen MR) is 48.3 cm³/mol. The lowest BCUT2D eigenvalue weighted by Gasteiger charge is -2.08. The summed E-state index contributed by atoms with van der Waals surface area (Å²) in [7, 11) is 1.60. The van der Waals surface area contributed by atoms with Gasteiger partial charge in [0.15, 0.2) is 0 Å². The molecule has 1 fully saturated rings. The largest absolute Gasteiger partial charge is 0.383 e. The number of nitrogens with one attached hydrogen (secondary N) is 1. The lowest BCUT2D eigenvalue weighted by atomic mass is 10.3. The minimum atomic E-state index is -0.548. The Morgan fingerprint density at radius 3 is 2.67 bits per heavy atom. The molecule has 0 saturated heterocycles. The third-order valence-electron chi connectivity index (χ3n) is 1.83. The Morgan fingerprint density at radius 2 is 2.25 bits per heavy atom. The van der Waals surface area contributed by atoms with Crippen molar-refractivity contribution in [1.82, 2.24) is 5.32 Å². The molecule has 0 aromatic heterocycles. The lowest BCUT2D eigenvalue weighted by molar-refractivity contribution is -0.123. The quantitative estimate of drug-likeness (QED) is 0.602. The molecule has 12 heavy (non-hydrogen) atoms. The predicted octanol–water partition coefficient (Wildman–Crippen LogP) is -0.338. The van der Waals surface area contributed by atoms with Gasteiger partial charge in [0.1, 0.15) is 0 Å². The van der Waals surface area contributed by atoms with Gasteiger partial charge in [-0.3, -0.25) is 4.79 Å². The van der Waals surface area contributed by atoms with E-state index in [0.29, 0.717) is 13.2 Å². The molecule has 0 atom stereocenters. The van der Waals surface area contributed by atoms with Crippen molar-refractivity contribution in [1.29, 1.82) is 0 Å². The molecule has 1 aliphatic rings. The van der Waals surface area contributed by atoms with E-state index < -0.39 is 5.54 Å². The molecule has 1 amide bonds. The van der Waals surface area contributed by atoms with E-state index in [0.717, 1.165) is 12.8 Å². The van der Waals surface area contributed by atoms with Gasteiger partial charge in [-0.05, 0) is 12.8 Å². The van der Waals surface area contributed by atoms with E-state index in [1.54, 1.807) is 7.11 Å². The van der Waals surface area contributed by atoms with E-state index in [9.17, 15) is 4.79 Å². The fourth-order valence-corrected chi connectivity index (χ4v) is 0.804. The highest BCUT2D eigenvalue weighted by atomic mass is 35.5. The van der Waals surface area contributed by atoms with E-state index in [2.05, 4.69) is 5.32 Å². The number of ether oxygens (including phenoxy) is 1. The fourth-order valence-electron chi connectivity index (χ4n) is 0.804. The Morgan fingerprint density at radius 1 is 1.67 bits per heavy atom. The molecule has 0 aromatic carbocycles.